The lowest BCUT2D eigenvalue weighted by atomic mass is 10.1. The largest absolute Gasteiger partial charge is 0.313 e. The van der Waals surface area contributed by atoms with Gasteiger partial charge in [-0.3, -0.25) is 0 Å². The molecule has 0 amide bonds. The fraction of sp³-hybridized carbons (Fsp3) is 0.600. The number of rotatable bonds is 8. The first-order valence-electron chi connectivity index (χ1n) is 7.09. The summed E-state index contributed by atoms with van der Waals surface area (Å²) in [6, 6.07) is 10.1. The number of nitrogens with one attached hydrogen (secondary N) is 2. The van der Waals surface area contributed by atoms with Crippen molar-refractivity contribution in [1.82, 2.24) is 10.0 Å². The van der Waals surface area contributed by atoms with Crippen molar-refractivity contribution in [3.8, 4) is 0 Å². The molecule has 0 aliphatic rings. The molecule has 0 fully saturated rings. The molecule has 0 heterocycles. The minimum absolute atomic E-state index is 0.108. The molecular formula is C15H26N2O2S. The summed E-state index contributed by atoms with van der Waals surface area (Å²) in [4.78, 5) is 0. The van der Waals surface area contributed by atoms with E-state index in [9.17, 15) is 8.42 Å². The van der Waals surface area contributed by atoms with Gasteiger partial charge in [0.25, 0.3) is 0 Å². The van der Waals surface area contributed by atoms with Crippen molar-refractivity contribution in [2.45, 2.75) is 51.4 Å². The van der Waals surface area contributed by atoms with Crippen LogP contribution in [0.25, 0.3) is 0 Å². The molecule has 4 nitrogen and oxygen atoms in total. The zero-order valence-electron chi connectivity index (χ0n) is 12.8. The van der Waals surface area contributed by atoms with E-state index in [4.69, 9.17) is 0 Å². The van der Waals surface area contributed by atoms with Crippen LogP contribution in [-0.4, -0.2) is 32.3 Å². The van der Waals surface area contributed by atoms with Crippen molar-refractivity contribution in [1.29, 1.82) is 0 Å². The monoisotopic (exact) mass is 298 g/mol. The van der Waals surface area contributed by atoms with Crippen molar-refractivity contribution in [3.05, 3.63) is 35.9 Å². The van der Waals surface area contributed by atoms with Crippen LogP contribution in [0.2, 0.25) is 0 Å². The van der Waals surface area contributed by atoms with Crippen LogP contribution >= 0.6 is 0 Å². The highest BCUT2D eigenvalue weighted by atomic mass is 32.2. The standard InChI is InChI=1S/C15H26N2O2S/c1-12(2)16-11-14(4)20(18,19)17-13(3)10-15-8-6-5-7-9-15/h5-9,12-14,16-17H,10-11H2,1-4H3. The molecular weight excluding hydrogens is 272 g/mol. The van der Waals surface area contributed by atoms with Crippen LogP contribution in [-0.2, 0) is 16.4 Å². The second-order valence-corrected chi connectivity index (χ2v) is 7.76. The van der Waals surface area contributed by atoms with E-state index >= 15 is 0 Å². The molecule has 2 unspecified atom stereocenters. The minimum Gasteiger partial charge on any atom is -0.313 e. The van der Waals surface area contributed by atoms with Crippen LogP contribution in [0.1, 0.15) is 33.3 Å². The molecule has 2 N–H and O–H groups in total. The Morgan fingerprint density at radius 2 is 1.65 bits per heavy atom. The van der Waals surface area contributed by atoms with Crippen LogP contribution in [0.15, 0.2) is 30.3 Å². The second kappa shape index (κ2) is 7.76. The van der Waals surface area contributed by atoms with Gasteiger partial charge in [0, 0.05) is 18.6 Å². The minimum atomic E-state index is -3.29. The molecule has 0 aromatic heterocycles. The third-order valence-electron chi connectivity index (χ3n) is 3.09. The van der Waals surface area contributed by atoms with Gasteiger partial charge in [-0.2, -0.15) is 0 Å². The Morgan fingerprint density at radius 3 is 2.20 bits per heavy atom. The highest BCUT2D eigenvalue weighted by Crippen LogP contribution is 2.06. The van der Waals surface area contributed by atoms with E-state index < -0.39 is 15.3 Å². The quantitative estimate of drug-likeness (QED) is 0.771. The zero-order valence-corrected chi connectivity index (χ0v) is 13.6. The van der Waals surface area contributed by atoms with Crippen LogP contribution < -0.4 is 10.0 Å². The van der Waals surface area contributed by atoms with E-state index in [1.54, 1.807) is 6.92 Å². The maximum absolute atomic E-state index is 12.2. The van der Waals surface area contributed by atoms with E-state index in [0.717, 1.165) is 5.56 Å². The molecule has 0 radical (unpaired) electrons. The highest BCUT2D eigenvalue weighted by molar-refractivity contribution is 7.90. The van der Waals surface area contributed by atoms with Crippen molar-refractivity contribution < 1.29 is 8.42 Å². The van der Waals surface area contributed by atoms with Crippen molar-refractivity contribution in [3.63, 3.8) is 0 Å². The van der Waals surface area contributed by atoms with Gasteiger partial charge >= 0.3 is 0 Å². The van der Waals surface area contributed by atoms with Gasteiger partial charge in [-0.1, -0.05) is 44.2 Å². The summed E-state index contributed by atoms with van der Waals surface area (Å²) < 4.78 is 27.1. The summed E-state index contributed by atoms with van der Waals surface area (Å²) in [6.07, 6.45) is 0.699. The topological polar surface area (TPSA) is 58.2 Å². The Balaban J connectivity index is 2.52. The number of hydrogen-bond donors (Lipinski definition) is 2. The lowest BCUT2D eigenvalue weighted by molar-refractivity contribution is 0.527. The molecule has 0 bridgehead atoms. The van der Waals surface area contributed by atoms with Crippen LogP contribution in [0.3, 0.4) is 0 Å². The van der Waals surface area contributed by atoms with Crippen LogP contribution in [0.5, 0.6) is 0 Å². The summed E-state index contributed by atoms with van der Waals surface area (Å²) in [5.74, 6) is 0. The Morgan fingerprint density at radius 1 is 1.05 bits per heavy atom. The molecule has 1 aromatic carbocycles. The Kier molecular flexibility index (Phi) is 6.65. The first-order valence-corrected chi connectivity index (χ1v) is 8.64. The normalized spacial score (nSPS) is 15.2. The van der Waals surface area contributed by atoms with Crippen molar-refractivity contribution in [2.24, 2.45) is 0 Å². The SMILES string of the molecule is CC(C)NCC(C)S(=O)(=O)NC(C)Cc1ccccc1. The van der Waals surface area contributed by atoms with E-state index in [1.165, 1.54) is 0 Å². The summed E-state index contributed by atoms with van der Waals surface area (Å²) in [6.45, 7) is 8.10. The van der Waals surface area contributed by atoms with E-state index in [2.05, 4.69) is 10.0 Å². The van der Waals surface area contributed by atoms with Gasteiger partial charge in [0.2, 0.25) is 10.0 Å². The molecule has 1 aromatic rings. The second-order valence-electron chi connectivity index (χ2n) is 5.63. The van der Waals surface area contributed by atoms with Gasteiger partial charge in [0.1, 0.15) is 0 Å². The van der Waals surface area contributed by atoms with E-state index in [0.29, 0.717) is 13.0 Å². The lowest BCUT2D eigenvalue weighted by Gasteiger charge is -2.20. The maximum Gasteiger partial charge on any atom is 0.215 e. The van der Waals surface area contributed by atoms with Crippen LogP contribution in [0, 0.1) is 0 Å². The third-order valence-corrected chi connectivity index (χ3v) is 5.05. The molecule has 0 aliphatic heterocycles. The smallest absolute Gasteiger partial charge is 0.215 e. The predicted molar refractivity (Wildman–Crippen MR) is 84.3 cm³/mol. The van der Waals surface area contributed by atoms with Gasteiger partial charge in [-0.15, -0.1) is 0 Å². The average Bonchev–Trinajstić information content (AvgIpc) is 2.36. The van der Waals surface area contributed by atoms with Crippen molar-refractivity contribution in [2.75, 3.05) is 6.54 Å². The number of sulfonamides is 1. The zero-order chi connectivity index (χ0) is 15.2. The van der Waals surface area contributed by atoms with Gasteiger partial charge in [-0.25, -0.2) is 13.1 Å². The molecule has 0 aliphatic carbocycles. The summed E-state index contributed by atoms with van der Waals surface area (Å²) >= 11 is 0. The fourth-order valence-corrected chi connectivity index (χ4v) is 3.11. The predicted octanol–water partition coefficient (Wildman–Crippen LogP) is 1.92. The van der Waals surface area contributed by atoms with E-state index in [1.807, 2.05) is 51.1 Å². The van der Waals surface area contributed by atoms with Crippen LogP contribution in [0.4, 0.5) is 0 Å². The summed E-state index contributed by atoms with van der Waals surface area (Å²) in [7, 11) is -3.29. The number of hydrogen-bond acceptors (Lipinski definition) is 3. The van der Waals surface area contributed by atoms with E-state index in [-0.39, 0.29) is 12.1 Å². The number of benzene rings is 1. The fourth-order valence-electron chi connectivity index (χ4n) is 1.92. The first-order chi connectivity index (χ1) is 9.31. The molecule has 5 heteroatoms. The Labute approximate surface area is 123 Å². The third kappa shape index (κ3) is 6.03. The Hall–Kier alpha value is -0.910. The molecule has 0 saturated heterocycles. The van der Waals surface area contributed by atoms with Gasteiger partial charge in [-0.05, 0) is 25.8 Å². The maximum atomic E-state index is 12.2. The highest BCUT2D eigenvalue weighted by Gasteiger charge is 2.22. The molecule has 0 spiro atoms. The molecule has 2 atom stereocenters. The molecule has 0 saturated carbocycles. The average molecular weight is 298 g/mol. The Bertz CT molecular complexity index is 486. The summed E-state index contributed by atoms with van der Waals surface area (Å²) in [5, 5.41) is 2.71. The molecule has 20 heavy (non-hydrogen) atoms. The molecule has 1 rings (SSSR count). The van der Waals surface area contributed by atoms with Crippen molar-refractivity contribution >= 4 is 10.0 Å². The first kappa shape index (κ1) is 17.1. The van der Waals surface area contributed by atoms with Gasteiger partial charge < -0.3 is 5.32 Å². The summed E-state index contributed by atoms with van der Waals surface area (Å²) in [5.41, 5.74) is 1.13. The molecule has 114 valence electrons. The lowest BCUT2D eigenvalue weighted by Crippen LogP contribution is -2.44. The van der Waals surface area contributed by atoms with Gasteiger partial charge in [0.05, 0.1) is 5.25 Å². The van der Waals surface area contributed by atoms with Gasteiger partial charge in [0.15, 0.2) is 0 Å².